The highest BCUT2D eigenvalue weighted by Gasteiger charge is 2.37. The Morgan fingerprint density at radius 1 is 1.40 bits per heavy atom. The molecular weight excluding hydrogens is 258 g/mol. The van der Waals surface area contributed by atoms with Crippen molar-refractivity contribution < 1.29 is 8.78 Å². The van der Waals surface area contributed by atoms with E-state index in [4.69, 9.17) is 5.73 Å². The van der Waals surface area contributed by atoms with E-state index in [0.717, 1.165) is 25.3 Å². The van der Waals surface area contributed by atoms with Crippen LogP contribution in [-0.4, -0.2) is 24.0 Å². The van der Waals surface area contributed by atoms with Gasteiger partial charge in [0.05, 0.1) is 0 Å². The first-order valence-electron chi connectivity index (χ1n) is 7.32. The summed E-state index contributed by atoms with van der Waals surface area (Å²) in [6.07, 6.45) is 4.43. The molecule has 0 saturated heterocycles. The standard InChI is InChI=1S/C16H24F2N2/c1-12-4-3-7-16(9-12,11-19)20(2)10-13-8-14(17)5-6-15(13)18/h5-6,8,12H,3-4,7,9-11,19H2,1-2H3. The second kappa shape index (κ2) is 6.19. The van der Waals surface area contributed by atoms with Gasteiger partial charge in [0, 0.05) is 24.2 Å². The summed E-state index contributed by atoms with van der Waals surface area (Å²) in [5.74, 6) is -0.116. The molecule has 2 nitrogen and oxygen atoms in total. The number of benzene rings is 1. The maximum atomic E-state index is 13.8. The van der Waals surface area contributed by atoms with Crippen LogP contribution in [0, 0.1) is 17.6 Å². The lowest BCUT2D eigenvalue weighted by atomic mass is 9.75. The SMILES string of the molecule is CC1CCCC(CN)(N(C)Cc2cc(F)ccc2F)C1. The lowest BCUT2D eigenvalue weighted by Crippen LogP contribution is -2.54. The van der Waals surface area contributed by atoms with E-state index in [9.17, 15) is 8.78 Å². The van der Waals surface area contributed by atoms with Gasteiger partial charge in [-0.2, -0.15) is 0 Å². The second-order valence-electron chi connectivity index (χ2n) is 6.22. The van der Waals surface area contributed by atoms with Crippen LogP contribution in [0.4, 0.5) is 8.78 Å². The number of nitrogens with two attached hydrogens (primary N) is 1. The third-order valence-electron chi connectivity index (χ3n) is 4.67. The molecule has 0 radical (unpaired) electrons. The van der Waals surface area contributed by atoms with Gasteiger partial charge in [-0.1, -0.05) is 19.8 Å². The predicted molar refractivity (Wildman–Crippen MR) is 77.2 cm³/mol. The van der Waals surface area contributed by atoms with Gasteiger partial charge in [-0.25, -0.2) is 8.78 Å². The van der Waals surface area contributed by atoms with E-state index in [-0.39, 0.29) is 11.4 Å². The summed E-state index contributed by atoms with van der Waals surface area (Å²) in [6.45, 7) is 3.19. The highest BCUT2D eigenvalue weighted by Crippen LogP contribution is 2.36. The number of rotatable bonds is 4. The van der Waals surface area contributed by atoms with Crippen molar-refractivity contribution in [3.8, 4) is 0 Å². The summed E-state index contributed by atoms with van der Waals surface area (Å²) in [6, 6.07) is 3.62. The predicted octanol–water partition coefficient (Wildman–Crippen LogP) is 3.30. The van der Waals surface area contributed by atoms with Crippen molar-refractivity contribution >= 4 is 0 Å². The number of nitrogens with zero attached hydrogens (tertiary/aromatic N) is 1. The molecule has 2 atom stereocenters. The molecule has 1 saturated carbocycles. The second-order valence-corrected chi connectivity index (χ2v) is 6.22. The summed E-state index contributed by atoms with van der Waals surface area (Å²) in [5, 5.41) is 0. The maximum Gasteiger partial charge on any atom is 0.127 e. The quantitative estimate of drug-likeness (QED) is 0.918. The Morgan fingerprint density at radius 2 is 2.15 bits per heavy atom. The molecule has 112 valence electrons. The minimum absolute atomic E-state index is 0.0869. The van der Waals surface area contributed by atoms with Crippen molar-refractivity contribution in [1.29, 1.82) is 0 Å². The number of likely N-dealkylation sites (N-methyl/N-ethyl adjacent to an activating group) is 1. The first-order valence-corrected chi connectivity index (χ1v) is 7.32. The van der Waals surface area contributed by atoms with Crippen LogP contribution in [0.2, 0.25) is 0 Å². The van der Waals surface area contributed by atoms with E-state index in [0.29, 0.717) is 24.6 Å². The Balaban J connectivity index is 2.16. The molecule has 2 unspecified atom stereocenters. The van der Waals surface area contributed by atoms with Crippen molar-refractivity contribution in [2.24, 2.45) is 11.7 Å². The van der Waals surface area contributed by atoms with Crippen molar-refractivity contribution in [3.05, 3.63) is 35.4 Å². The third-order valence-corrected chi connectivity index (χ3v) is 4.67. The fourth-order valence-corrected chi connectivity index (χ4v) is 3.41. The van der Waals surface area contributed by atoms with Crippen LogP contribution >= 0.6 is 0 Å². The summed E-state index contributed by atoms with van der Waals surface area (Å²) in [4.78, 5) is 2.11. The van der Waals surface area contributed by atoms with Crippen molar-refractivity contribution in [2.45, 2.75) is 44.7 Å². The Hall–Kier alpha value is -1.00. The van der Waals surface area contributed by atoms with Crippen LogP contribution in [0.25, 0.3) is 0 Å². The van der Waals surface area contributed by atoms with Crippen molar-refractivity contribution in [2.75, 3.05) is 13.6 Å². The van der Waals surface area contributed by atoms with E-state index in [1.54, 1.807) is 0 Å². The van der Waals surface area contributed by atoms with Crippen LogP contribution in [0.1, 0.15) is 38.2 Å². The molecule has 2 rings (SSSR count). The van der Waals surface area contributed by atoms with Gasteiger partial charge in [0.25, 0.3) is 0 Å². The lowest BCUT2D eigenvalue weighted by Gasteiger charge is -2.46. The first-order chi connectivity index (χ1) is 9.47. The lowest BCUT2D eigenvalue weighted by molar-refractivity contribution is 0.0546. The molecule has 1 aromatic rings. The topological polar surface area (TPSA) is 29.3 Å². The van der Waals surface area contributed by atoms with Crippen LogP contribution in [-0.2, 0) is 6.54 Å². The van der Waals surface area contributed by atoms with Crippen molar-refractivity contribution in [3.63, 3.8) is 0 Å². The van der Waals surface area contributed by atoms with E-state index in [1.165, 1.54) is 18.6 Å². The Kier molecular flexibility index (Phi) is 4.76. The zero-order valence-corrected chi connectivity index (χ0v) is 12.3. The molecule has 4 heteroatoms. The third kappa shape index (κ3) is 3.18. The average molecular weight is 282 g/mol. The summed E-state index contributed by atoms with van der Waals surface area (Å²) >= 11 is 0. The van der Waals surface area contributed by atoms with E-state index >= 15 is 0 Å². The Labute approximate surface area is 120 Å². The molecule has 2 N–H and O–H groups in total. The summed E-state index contributed by atoms with van der Waals surface area (Å²) in [5.41, 5.74) is 6.33. The Morgan fingerprint density at radius 3 is 2.80 bits per heavy atom. The minimum Gasteiger partial charge on any atom is -0.329 e. The largest absolute Gasteiger partial charge is 0.329 e. The number of hydrogen-bond donors (Lipinski definition) is 1. The van der Waals surface area contributed by atoms with Gasteiger partial charge < -0.3 is 5.73 Å². The smallest absolute Gasteiger partial charge is 0.127 e. The normalized spacial score (nSPS) is 27.0. The molecule has 0 spiro atoms. The molecule has 0 aliphatic heterocycles. The van der Waals surface area contributed by atoms with Gasteiger partial charge in [0.1, 0.15) is 11.6 Å². The molecule has 0 aromatic heterocycles. The van der Waals surface area contributed by atoms with E-state index in [1.807, 2.05) is 7.05 Å². The summed E-state index contributed by atoms with van der Waals surface area (Å²) in [7, 11) is 1.97. The molecule has 1 aliphatic carbocycles. The maximum absolute atomic E-state index is 13.8. The zero-order chi connectivity index (χ0) is 14.8. The Bertz CT molecular complexity index is 464. The van der Waals surface area contributed by atoms with Crippen LogP contribution in [0.3, 0.4) is 0 Å². The monoisotopic (exact) mass is 282 g/mol. The minimum atomic E-state index is -0.395. The van der Waals surface area contributed by atoms with E-state index < -0.39 is 5.82 Å². The van der Waals surface area contributed by atoms with Gasteiger partial charge in [-0.05, 0) is 44.0 Å². The van der Waals surface area contributed by atoms with Crippen LogP contribution in [0.5, 0.6) is 0 Å². The molecule has 1 aliphatic rings. The van der Waals surface area contributed by atoms with Gasteiger partial charge in [0.2, 0.25) is 0 Å². The van der Waals surface area contributed by atoms with Crippen LogP contribution in [0.15, 0.2) is 18.2 Å². The molecule has 1 fully saturated rings. The average Bonchev–Trinajstić information content (AvgIpc) is 2.42. The number of halogens is 2. The number of hydrogen-bond acceptors (Lipinski definition) is 2. The van der Waals surface area contributed by atoms with Gasteiger partial charge in [-0.3, -0.25) is 4.90 Å². The molecule has 0 amide bonds. The molecule has 0 bridgehead atoms. The highest BCUT2D eigenvalue weighted by molar-refractivity contribution is 5.19. The van der Waals surface area contributed by atoms with Gasteiger partial charge in [0.15, 0.2) is 0 Å². The molecular formula is C16H24F2N2. The van der Waals surface area contributed by atoms with E-state index in [2.05, 4.69) is 11.8 Å². The summed E-state index contributed by atoms with van der Waals surface area (Å²) < 4.78 is 27.0. The van der Waals surface area contributed by atoms with Crippen LogP contribution < -0.4 is 5.73 Å². The highest BCUT2D eigenvalue weighted by atomic mass is 19.1. The fraction of sp³-hybridized carbons (Fsp3) is 0.625. The molecule has 1 aromatic carbocycles. The fourth-order valence-electron chi connectivity index (χ4n) is 3.41. The van der Waals surface area contributed by atoms with Gasteiger partial charge in [-0.15, -0.1) is 0 Å². The van der Waals surface area contributed by atoms with Gasteiger partial charge >= 0.3 is 0 Å². The zero-order valence-electron chi connectivity index (χ0n) is 12.3. The molecule has 0 heterocycles. The van der Waals surface area contributed by atoms with Crippen molar-refractivity contribution in [1.82, 2.24) is 4.90 Å². The first kappa shape index (κ1) is 15.4. The molecule has 20 heavy (non-hydrogen) atoms.